The van der Waals surface area contributed by atoms with Crippen molar-refractivity contribution in [3.05, 3.63) is 70.0 Å². The van der Waals surface area contributed by atoms with E-state index >= 15 is 0 Å². The number of aryl methyl sites for hydroxylation is 2. The van der Waals surface area contributed by atoms with E-state index in [0.717, 1.165) is 63.4 Å². The quantitative estimate of drug-likeness (QED) is 0.345. The molecule has 3 rings (SSSR count). The summed E-state index contributed by atoms with van der Waals surface area (Å²) in [5.41, 5.74) is 2.56. The van der Waals surface area contributed by atoms with Crippen LogP contribution in [0.2, 0.25) is 0 Å². The topological polar surface area (TPSA) is 9.23 Å². The smallest absolute Gasteiger partial charge is 0.162 e. The molecule has 0 radical (unpaired) electrons. The van der Waals surface area contributed by atoms with Gasteiger partial charge in [0.2, 0.25) is 0 Å². The molecule has 170 valence electrons. The van der Waals surface area contributed by atoms with Crippen LogP contribution in [0.5, 0.6) is 0 Å². The number of rotatable bonds is 10. The molecular formula is C27H35F3O. The molecule has 0 aliphatic heterocycles. The largest absolute Gasteiger partial charge is 0.373 e. The Morgan fingerprint density at radius 2 is 1.55 bits per heavy atom. The second-order valence-corrected chi connectivity index (χ2v) is 8.86. The molecule has 0 amide bonds. The molecule has 0 N–H and O–H groups in total. The van der Waals surface area contributed by atoms with Gasteiger partial charge in [-0.25, -0.2) is 13.2 Å². The fourth-order valence-corrected chi connectivity index (χ4v) is 4.58. The van der Waals surface area contributed by atoms with E-state index in [2.05, 4.69) is 13.8 Å². The number of halogens is 3. The lowest BCUT2D eigenvalue weighted by molar-refractivity contribution is 0.0118. The molecule has 1 fully saturated rings. The van der Waals surface area contributed by atoms with Crippen molar-refractivity contribution in [2.75, 3.05) is 0 Å². The van der Waals surface area contributed by atoms with Crippen LogP contribution in [-0.2, 0) is 24.2 Å². The van der Waals surface area contributed by atoms with Gasteiger partial charge in [0.15, 0.2) is 11.6 Å². The third-order valence-electron chi connectivity index (χ3n) is 6.49. The molecular weight excluding hydrogens is 397 g/mol. The molecule has 2 aromatic rings. The molecule has 2 aromatic carbocycles. The first-order chi connectivity index (χ1) is 15.0. The Balaban J connectivity index is 1.52. The van der Waals surface area contributed by atoms with Gasteiger partial charge in [-0.15, -0.1) is 0 Å². The van der Waals surface area contributed by atoms with Gasteiger partial charge < -0.3 is 4.74 Å². The minimum atomic E-state index is -0.674. The molecule has 0 heterocycles. The molecule has 0 unspecified atom stereocenters. The van der Waals surface area contributed by atoms with E-state index in [1.54, 1.807) is 18.2 Å². The maximum atomic E-state index is 14.7. The van der Waals surface area contributed by atoms with Gasteiger partial charge in [0.1, 0.15) is 5.82 Å². The van der Waals surface area contributed by atoms with Gasteiger partial charge in [-0.3, -0.25) is 0 Å². The maximum absolute atomic E-state index is 14.7. The van der Waals surface area contributed by atoms with E-state index in [1.165, 1.54) is 0 Å². The Hall–Kier alpha value is -1.81. The summed E-state index contributed by atoms with van der Waals surface area (Å²) in [6.07, 6.45) is 8.53. The highest BCUT2D eigenvalue weighted by Gasteiger charge is 2.27. The summed E-state index contributed by atoms with van der Waals surface area (Å²) in [6, 6.07) is 8.91. The first-order valence-electron chi connectivity index (χ1n) is 11.9. The number of ether oxygens (including phenoxy) is 1. The number of hydrogen-bond donors (Lipinski definition) is 0. The minimum Gasteiger partial charge on any atom is -0.373 e. The maximum Gasteiger partial charge on any atom is 0.162 e. The van der Waals surface area contributed by atoms with Crippen LogP contribution in [0.1, 0.15) is 93.4 Å². The highest BCUT2D eigenvalue weighted by atomic mass is 19.2. The van der Waals surface area contributed by atoms with Gasteiger partial charge in [-0.1, -0.05) is 57.4 Å². The van der Waals surface area contributed by atoms with Crippen LogP contribution in [-0.4, -0.2) is 6.10 Å². The van der Waals surface area contributed by atoms with Crippen molar-refractivity contribution in [1.29, 1.82) is 0 Å². The summed E-state index contributed by atoms with van der Waals surface area (Å²) in [4.78, 5) is 0. The van der Waals surface area contributed by atoms with Gasteiger partial charge in [0, 0.05) is 5.56 Å². The van der Waals surface area contributed by atoms with Crippen LogP contribution in [0.3, 0.4) is 0 Å². The van der Waals surface area contributed by atoms with E-state index in [-0.39, 0.29) is 24.4 Å². The van der Waals surface area contributed by atoms with Gasteiger partial charge >= 0.3 is 0 Å². The molecule has 1 aliphatic rings. The van der Waals surface area contributed by atoms with Crippen molar-refractivity contribution >= 4 is 0 Å². The van der Waals surface area contributed by atoms with Crippen LogP contribution in [0, 0.1) is 17.5 Å². The fraction of sp³-hybridized carbons (Fsp3) is 0.556. The molecule has 0 aromatic heterocycles. The van der Waals surface area contributed by atoms with Crippen molar-refractivity contribution in [2.24, 2.45) is 0 Å². The fourth-order valence-electron chi connectivity index (χ4n) is 4.58. The zero-order chi connectivity index (χ0) is 22.2. The van der Waals surface area contributed by atoms with Crippen LogP contribution in [0.25, 0.3) is 0 Å². The lowest BCUT2D eigenvalue weighted by Crippen LogP contribution is -2.21. The van der Waals surface area contributed by atoms with E-state index in [9.17, 15) is 13.2 Å². The van der Waals surface area contributed by atoms with Crippen molar-refractivity contribution in [2.45, 2.75) is 96.7 Å². The van der Waals surface area contributed by atoms with E-state index < -0.39 is 11.6 Å². The Morgan fingerprint density at radius 1 is 0.806 bits per heavy atom. The average Bonchev–Trinajstić information content (AvgIpc) is 2.77. The second kappa shape index (κ2) is 11.7. The summed E-state index contributed by atoms with van der Waals surface area (Å²) < 4.78 is 49.4. The third kappa shape index (κ3) is 6.35. The standard InChI is InChI=1S/C27H35F3O/c1-3-5-6-8-21-13-16-24(27(30)26(21)29)20-11-14-23(15-12-20)31-18-22-10-9-19(7-4-2)17-25(22)28/h9-10,13,16-17,20,23H,3-8,11-12,14-15,18H2,1-2H3. The first kappa shape index (κ1) is 23.8. The molecule has 1 saturated carbocycles. The Morgan fingerprint density at radius 3 is 2.23 bits per heavy atom. The van der Waals surface area contributed by atoms with Gasteiger partial charge in [-0.2, -0.15) is 0 Å². The first-order valence-corrected chi connectivity index (χ1v) is 11.9. The second-order valence-electron chi connectivity index (χ2n) is 8.86. The third-order valence-corrected chi connectivity index (χ3v) is 6.49. The van der Waals surface area contributed by atoms with E-state index in [0.29, 0.717) is 23.1 Å². The van der Waals surface area contributed by atoms with Crippen LogP contribution >= 0.6 is 0 Å². The predicted octanol–water partition coefficient (Wildman–Crippen LogP) is 8.03. The zero-order valence-electron chi connectivity index (χ0n) is 18.9. The molecule has 0 spiro atoms. The van der Waals surface area contributed by atoms with Gasteiger partial charge in [0.25, 0.3) is 0 Å². The summed E-state index contributed by atoms with van der Waals surface area (Å²) in [5.74, 6) is -1.54. The number of unbranched alkanes of at least 4 members (excludes halogenated alkanes) is 2. The van der Waals surface area contributed by atoms with Crippen molar-refractivity contribution < 1.29 is 17.9 Å². The van der Waals surface area contributed by atoms with Crippen LogP contribution in [0.15, 0.2) is 30.3 Å². The Kier molecular flexibility index (Phi) is 9.01. The lowest BCUT2D eigenvalue weighted by atomic mass is 9.82. The summed E-state index contributed by atoms with van der Waals surface area (Å²) >= 11 is 0. The number of hydrogen-bond acceptors (Lipinski definition) is 1. The van der Waals surface area contributed by atoms with Crippen molar-refractivity contribution in [3.63, 3.8) is 0 Å². The van der Waals surface area contributed by atoms with E-state index in [4.69, 9.17) is 4.74 Å². The number of benzene rings is 2. The molecule has 4 heteroatoms. The molecule has 1 aliphatic carbocycles. The van der Waals surface area contributed by atoms with Crippen LogP contribution < -0.4 is 0 Å². The van der Waals surface area contributed by atoms with Gasteiger partial charge in [-0.05, 0) is 73.6 Å². The predicted molar refractivity (Wildman–Crippen MR) is 120 cm³/mol. The molecule has 31 heavy (non-hydrogen) atoms. The highest BCUT2D eigenvalue weighted by molar-refractivity contribution is 5.29. The Labute approximate surface area is 185 Å². The summed E-state index contributed by atoms with van der Waals surface area (Å²) in [7, 11) is 0. The van der Waals surface area contributed by atoms with Gasteiger partial charge in [0.05, 0.1) is 12.7 Å². The molecule has 1 nitrogen and oxygen atoms in total. The Bertz CT molecular complexity index is 841. The average molecular weight is 433 g/mol. The normalized spacial score (nSPS) is 19.0. The highest BCUT2D eigenvalue weighted by Crippen LogP contribution is 2.36. The van der Waals surface area contributed by atoms with Crippen LogP contribution in [0.4, 0.5) is 13.2 Å². The monoisotopic (exact) mass is 432 g/mol. The summed E-state index contributed by atoms with van der Waals surface area (Å²) in [6.45, 7) is 4.43. The van der Waals surface area contributed by atoms with E-state index in [1.807, 2.05) is 12.1 Å². The lowest BCUT2D eigenvalue weighted by Gasteiger charge is -2.29. The molecule has 0 bridgehead atoms. The van der Waals surface area contributed by atoms with Crippen molar-refractivity contribution in [1.82, 2.24) is 0 Å². The molecule has 0 atom stereocenters. The SMILES string of the molecule is CCCCCc1ccc(C2CCC(OCc3ccc(CCC)cc3F)CC2)c(F)c1F. The minimum absolute atomic E-state index is 0.0177. The summed E-state index contributed by atoms with van der Waals surface area (Å²) in [5, 5.41) is 0. The molecule has 0 saturated heterocycles. The van der Waals surface area contributed by atoms with Crippen molar-refractivity contribution in [3.8, 4) is 0 Å². The zero-order valence-corrected chi connectivity index (χ0v) is 18.9.